The molecule has 5 rings (SSSR count). The highest BCUT2D eigenvalue weighted by Gasteiger charge is 2.24. The molecule has 1 aromatic carbocycles. The van der Waals surface area contributed by atoms with Crippen LogP contribution in [0.4, 0.5) is 0 Å². The van der Waals surface area contributed by atoms with Crippen LogP contribution in [0.25, 0.3) is 15.9 Å². The third-order valence-corrected chi connectivity index (χ3v) is 7.81. The van der Waals surface area contributed by atoms with E-state index in [0.717, 1.165) is 35.2 Å². The van der Waals surface area contributed by atoms with Crippen LogP contribution in [0.5, 0.6) is 0 Å². The van der Waals surface area contributed by atoms with Crippen LogP contribution in [0.2, 0.25) is 5.02 Å². The topological polar surface area (TPSA) is 89.3 Å². The number of benzene rings is 1. The second-order valence-electron chi connectivity index (χ2n) is 7.59. The standard InChI is InChI=1S/C20H19ClN6OS2/c1-10-3-8-14-15(9-10)30-19-16(14)18(28)22-17(23-19)11(2)29-20-24-25-26-27(20)13-6-4-12(21)5-7-13/h4-7,10-11H,3,8-9H2,1-2H3,(H,22,23,28). The normalized spacial score (nSPS) is 17.2. The fourth-order valence-corrected chi connectivity index (χ4v) is 6.15. The van der Waals surface area contributed by atoms with Crippen molar-refractivity contribution < 1.29 is 0 Å². The van der Waals surface area contributed by atoms with E-state index in [4.69, 9.17) is 16.6 Å². The molecule has 2 atom stereocenters. The smallest absolute Gasteiger partial charge is 0.259 e. The summed E-state index contributed by atoms with van der Waals surface area (Å²) >= 11 is 9.09. The largest absolute Gasteiger partial charge is 0.309 e. The molecule has 7 nitrogen and oxygen atoms in total. The summed E-state index contributed by atoms with van der Waals surface area (Å²) in [7, 11) is 0. The van der Waals surface area contributed by atoms with Crippen LogP contribution < -0.4 is 5.56 Å². The number of aromatic nitrogens is 6. The number of thiophene rings is 1. The Labute approximate surface area is 185 Å². The fraction of sp³-hybridized carbons (Fsp3) is 0.350. The number of nitrogens with one attached hydrogen (secondary N) is 1. The van der Waals surface area contributed by atoms with E-state index in [1.54, 1.807) is 28.2 Å². The highest BCUT2D eigenvalue weighted by molar-refractivity contribution is 7.99. The third-order valence-electron chi connectivity index (χ3n) is 5.36. The first kappa shape index (κ1) is 19.7. The average Bonchev–Trinajstić information content (AvgIpc) is 3.32. The summed E-state index contributed by atoms with van der Waals surface area (Å²) in [4.78, 5) is 22.8. The van der Waals surface area contributed by atoms with Crippen LogP contribution in [0, 0.1) is 5.92 Å². The first-order valence-corrected chi connectivity index (χ1v) is 11.8. The number of aromatic amines is 1. The van der Waals surface area contributed by atoms with Gasteiger partial charge in [-0.05, 0) is 72.4 Å². The molecule has 0 radical (unpaired) electrons. The van der Waals surface area contributed by atoms with Crippen molar-refractivity contribution in [3.63, 3.8) is 0 Å². The van der Waals surface area contributed by atoms with Gasteiger partial charge in [0.15, 0.2) is 0 Å². The maximum atomic E-state index is 12.9. The second-order valence-corrected chi connectivity index (χ2v) is 10.4. The number of nitrogens with zero attached hydrogens (tertiary/aromatic N) is 5. The Balaban J connectivity index is 1.46. The molecule has 0 fully saturated rings. The second kappa shape index (κ2) is 7.79. The molecular weight excluding hydrogens is 440 g/mol. The number of hydrogen-bond donors (Lipinski definition) is 1. The molecule has 1 N–H and O–H groups in total. The van der Waals surface area contributed by atoms with Crippen LogP contribution in [-0.2, 0) is 12.8 Å². The Morgan fingerprint density at radius 1 is 1.33 bits per heavy atom. The van der Waals surface area contributed by atoms with E-state index < -0.39 is 0 Å². The summed E-state index contributed by atoms with van der Waals surface area (Å²) in [6, 6.07) is 7.30. The maximum Gasteiger partial charge on any atom is 0.259 e. The van der Waals surface area contributed by atoms with E-state index in [1.165, 1.54) is 22.2 Å². The van der Waals surface area contributed by atoms with Crippen molar-refractivity contribution in [1.29, 1.82) is 0 Å². The van der Waals surface area contributed by atoms with E-state index in [2.05, 4.69) is 27.4 Å². The van der Waals surface area contributed by atoms with Crippen molar-refractivity contribution in [1.82, 2.24) is 30.2 Å². The zero-order valence-electron chi connectivity index (χ0n) is 16.4. The molecule has 1 aliphatic rings. The van der Waals surface area contributed by atoms with Gasteiger partial charge in [0.2, 0.25) is 5.16 Å². The average molecular weight is 459 g/mol. The molecule has 0 amide bonds. The number of tetrazole rings is 1. The van der Waals surface area contributed by atoms with Gasteiger partial charge in [0.05, 0.1) is 16.3 Å². The highest BCUT2D eigenvalue weighted by Crippen LogP contribution is 2.37. The van der Waals surface area contributed by atoms with Gasteiger partial charge >= 0.3 is 0 Å². The van der Waals surface area contributed by atoms with Gasteiger partial charge in [-0.3, -0.25) is 4.79 Å². The Hall–Kier alpha value is -2.23. The number of thioether (sulfide) groups is 1. The molecule has 0 spiro atoms. The molecule has 3 aromatic heterocycles. The van der Waals surface area contributed by atoms with Crippen molar-refractivity contribution in [2.75, 3.05) is 0 Å². The summed E-state index contributed by atoms with van der Waals surface area (Å²) in [6.07, 6.45) is 3.12. The lowest BCUT2D eigenvalue weighted by atomic mass is 9.89. The molecule has 4 aromatic rings. The summed E-state index contributed by atoms with van der Waals surface area (Å²) in [6.45, 7) is 4.26. The molecule has 154 valence electrons. The number of hydrogen-bond acceptors (Lipinski definition) is 7. The van der Waals surface area contributed by atoms with E-state index in [0.29, 0.717) is 21.9 Å². The molecule has 2 unspecified atom stereocenters. The van der Waals surface area contributed by atoms with Crippen LogP contribution in [0.15, 0.2) is 34.2 Å². The maximum absolute atomic E-state index is 12.9. The van der Waals surface area contributed by atoms with Gasteiger partial charge in [0, 0.05) is 9.90 Å². The lowest BCUT2D eigenvalue weighted by Crippen LogP contribution is -2.15. The summed E-state index contributed by atoms with van der Waals surface area (Å²) in [5, 5.41) is 13.9. The van der Waals surface area contributed by atoms with Gasteiger partial charge in [-0.25, -0.2) is 4.98 Å². The Bertz CT molecular complexity index is 1280. The quantitative estimate of drug-likeness (QED) is 0.450. The Morgan fingerprint density at radius 2 is 2.13 bits per heavy atom. The monoisotopic (exact) mass is 458 g/mol. The van der Waals surface area contributed by atoms with Crippen molar-refractivity contribution in [2.45, 2.75) is 43.5 Å². The van der Waals surface area contributed by atoms with Crippen molar-refractivity contribution in [2.24, 2.45) is 5.92 Å². The minimum absolute atomic E-state index is 0.0493. The zero-order valence-corrected chi connectivity index (χ0v) is 18.8. The SMILES string of the molecule is CC1CCc2c(sc3nc(C(C)Sc4nnnn4-c4ccc(Cl)cc4)[nH]c(=O)c23)C1. The summed E-state index contributed by atoms with van der Waals surface area (Å²) in [5.41, 5.74) is 1.96. The van der Waals surface area contributed by atoms with Crippen LogP contribution >= 0.6 is 34.7 Å². The fourth-order valence-electron chi connectivity index (χ4n) is 3.77. The molecule has 0 aliphatic heterocycles. The van der Waals surface area contributed by atoms with Gasteiger partial charge in [0.25, 0.3) is 5.56 Å². The van der Waals surface area contributed by atoms with Crippen molar-refractivity contribution >= 4 is 44.9 Å². The van der Waals surface area contributed by atoms with Gasteiger partial charge < -0.3 is 4.98 Å². The molecule has 10 heteroatoms. The van der Waals surface area contributed by atoms with E-state index >= 15 is 0 Å². The van der Waals surface area contributed by atoms with Crippen LogP contribution in [0.3, 0.4) is 0 Å². The number of aryl methyl sites for hydroxylation is 1. The number of fused-ring (bicyclic) bond motifs is 3. The summed E-state index contributed by atoms with van der Waals surface area (Å²) < 4.78 is 1.65. The predicted octanol–water partition coefficient (Wildman–Crippen LogP) is 4.59. The van der Waals surface area contributed by atoms with Crippen molar-refractivity contribution in [3.8, 4) is 5.69 Å². The van der Waals surface area contributed by atoms with Crippen molar-refractivity contribution in [3.05, 3.63) is 55.9 Å². The molecule has 1 aliphatic carbocycles. The molecule has 0 bridgehead atoms. The third kappa shape index (κ3) is 3.55. The minimum Gasteiger partial charge on any atom is -0.309 e. The van der Waals surface area contributed by atoms with E-state index in [9.17, 15) is 4.79 Å². The van der Waals surface area contributed by atoms with Gasteiger partial charge in [0.1, 0.15) is 10.7 Å². The van der Waals surface area contributed by atoms with E-state index in [-0.39, 0.29) is 10.8 Å². The van der Waals surface area contributed by atoms with Crippen LogP contribution in [-0.4, -0.2) is 30.2 Å². The summed E-state index contributed by atoms with van der Waals surface area (Å²) in [5.74, 6) is 1.29. The predicted molar refractivity (Wildman–Crippen MR) is 120 cm³/mol. The number of rotatable bonds is 4. The first-order valence-electron chi connectivity index (χ1n) is 9.75. The lowest BCUT2D eigenvalue weighted by molar-refractivity contribution is 0.509. The van der Waals surface area contributed by atoms with Gasteiger partial charge in [-0.15, -0.1) is 16.4 Å². The highest BCUT2D eigenvalue weighted by atomic mass is 35.5. The lowest BCUT2D eigenvalue weighted by Gasteiger charge is -2.17. The number of halogens is 1. The Morgan fingerprint density at radius 3 is 2.93 bits per heavy atom. The molecule has 30 heavy (non-hydrogen) atoms. The molecular formula is C20H19ClN6OS2. The van der Waals surface area contributed by atoms with Crippen LogP contribution in [0.1, 0.15) is 41.8 Å². The Kier molecular flexibility index (Phi) is 5.12. The number of H-pyrrole nitrogens is 1. The molecule has 3 heterocycles. The molecule has 0 saturated carbocycles. The minimum atomic E-state index is -0.128. The van der Waals surface area contributed by atoms with Gasteiger partial charge in [-0.2, -0.15) is 4.68 Å². The molecule has 0 saturated heterocycles. The zero-order chi connectivity index (χ0) is 20.8. The van der Waals surface area contributed by atoms with Gasteiger partial charge in [-0.1, -0.05) is 30.3 Å². The first-order chi connectivity index (χ1) is 14.5. The van der Waals surface area contributed by atoms with E-state index in [1.807, 2.05) is 19.1 Å².